The zero-order valence-corrected chi connectivity index (χ0v) is 6.66. The van der Waals surface area contributed by atoms with Crippen molar-refractivity contribution in [2.75, 3.05) is 0 Å². The van der Waals surface area contributed by atoms with Crippen LogP contribution in [0.5, 0.6) is 0 Å². The summed E-state index contributed by atoms with van der Waals surface area (Å²) >= 11 is 0. The van der Waals surface area contributed by atoms with Gasteiger partial charge in [-0.05, 0) is 13.8 Å². The van der Waals surface area contributed by atoms with Gasteiger partial charge in [0.2, 0.25) is 0 Å². The second-order valence-corrected chi connectivity index (χ2v) is 3.06. The first-order chi connectivity index (χ1) is 5.04. The van der Waals surface area contributed by atoms with Crippen LogP contribution in [0.2, 0.25) is 0 Å². The van der Waals surface area contributed by atoms with Crippen molar-refractivity contribution in [3.8, 4) is 0 Å². The smallest absolute Gasteiger partial charge is 0.162 e. The minimum atomic E-state index is -0.503. The van der Waals surface area contributed by atoms with Gasteiger partial charge in [0.05, 0.1) is 5.54 Å². The molecule has 0 fully saturated rings. The standard InChI is InChI=1S/C7H12N2O2/c1-7(2,8)6-3-5(4-10)11-9-6/h3,10H,4,8H2,1-2H3. The molecule has 0 aliphatic rings. The van der Waals surface area contributed by atoms with Crippen molar-refractivity contribution in [2.24, 2.45) is 5.73 Å². The van der Waals surface area contributed by atoms with Gasteiger partial charge in [0.25, 0.3) is 0 Å². The first-order valence-corrected chi connectivity index (χ1v) is 3.40. The molecule has 0 saturated heterocycles. The molecule has 3 N–H and O–H groups in total. The zero-order chi connectivity index (χ0) is 8.48. The molecular weight excluding hydrogens is 144 g/mol. The van der Waals surface area contributed by atoms with Crippen molar-refractivity contribution in [1.29, 1.82) is 0 Å². The van der Waals surface area contributed by atoms with E-state index in [4.69, 9.17) is 15.4 Å². The first-order valence-electron chi connectivity index (χ1n) is 3.40. The van der Waals surface area contributed by atoms with Crippen molar-refractivity contribution in [2.45, 2.75) is 26.0 Å². The predicted molar refractivity (Wildman–Crippen MR) is 39.6 cm³/mol. The Hall–Kier alpha value is -0.870. The van der Waals surface area contributed by atoms with E-state index in [1.807, 2.05) is 13.8 Å². The summed E-state index contributed by atoms with van der Waals surface area (Å²) in [5, 5.41) is 12.3. The van der Waals surface area contributed by atoms with E-state index in [1.165, 1.54) is 0 Å². The maximum atomic E-state index is 8.64. The number of hydrogen-bond donors (Lipinski definition) is 2. The number of aromatic nitrogens is 1. The fraction of sp³-hybridized carbons (Fsp3) is 0.571. The molecule has 0 unspecified atom stereocenters. The molecule has 4 heteroatoms. The van der Waals surface area contributed by atoms with Crippen LogP contribution >= 0.6 is 0 Å². The van der Waals surface area contributed by atoms with Crippen molar-refractivity contribution >= 4 is 0 Å². The lowest BCUT2D eigenvalue weighted by atomic mass is 10.0. The number of aliphatic hydroxyl groups is 1. The lowest BCUT2D eigenvalue weighted by Gasteiger charge is -2.12. The number of aliphatic hydroxyl groups excluding tert-OH is 1. The Kier molecular flexibility index (Phi) is 1.97. The normalized spacial score (nSPS) is 12.0. The lowest BCUT2D eigenvalue weighted by Crippen LogP contribution is -2.28. The fourth-order valence-corrected chi connectivity index (χ4v) is 0.691. The predicted octanol–water partition coefficient (Wildman–Crippen LogP) is 0.361. The van der Waals surface area contributed by atoms with Crippen LogP contribution in [0.15, 0.2) is 10.6 Å². The third kappa shape index (κ3) is 1.78. The van der Waals surface area contributed by atoms with Gasteiger partial charge >= 0.3 is 0 Å². The van der Waals surface area contributed by atoms with E-state index in [9.17, 15) is 0 Å². The molecule has 0 amide bonds. The summed E-state index contributed by atoms with van der Waals surface area (Å²) in [7, 11) is 0. The molecule has 11 heavy (non-hydrogen) atoms. The van der Waals surface area contributed by atoms with Crippen LogP contribution in [-0.4, -0.2) is 10.3 Å². The molecule has 62 valence electrons. The molecular formula is C7H12N2O2. The summed E-state index contributed by atoms with van der Waals surface area (Å²) in [6.07, 6.45) is 0. The minimum Gasteiger partial charge on any atom is -0.388 e. The summed E-state index contributed by atoms with van der Waals surface area (Å²) in [4.78, 5) is 0. The number of rotatable bonds is 2. The summed E-state index contributed by atoms with van der Waals surface area (Å²) < 4.78 is 4.76. The monoisotopic (exact) mass is 156 g/mol. The van der Waals surface area contributed by atoms with E-state index < -0.39 is 5.54 Å². The van der Waals surface area contributed by atoms with Crippen molar-refractivity contribution in [3.05, 3.63) is 17.5 Å². The molecule has 1 aromatic heterocycles. The van der Waals surface area contributed by atoms with E-state index >= 15 is 0 Å². The number of nitrogens with zero attached hydrogens (tertiary/aromatic N) is 1. The maximum absolute atomic E-state index is 8.64. The average molecular weight is 156 g/mol. The highest BCUT2D eigenvalue weighted by molar-refractivity contribution is 5.12. The largest absolute Gasteiger partial charge is 0.388 e. The summed E-state index contributed by atoms with van der Waals surface area (Å²) in [5.74, 6) is 0.443. The molecule has 4 nitrogen and oxygen atoms in total. The molecule has 1 aromatic rings. The molecule has 0 aromatic carbocycles. The van der Waals surface area contributed by atoms with Crippen LogP contribution in [0, 0.1) is 0 Å². The Morgan fingerprint density at radius 1 is 1.73 bits per heavy atom. The highest BCUT2D eigenvalue weighted by atomic mass is 16.5. The van der Waals surface area contributed by atoms with Gasteiger partial charge in [-0.1, -0.05) is 5.16 Å². The lowest BCUT2D eigenvalue weighted by molar-refractivity contribution is 0.227. The van der Waals surface area contributed by atoms with Gasteiger partial charge in [0.15, 0.2) is 5.76 Å². The van der Waals surface area contributed by atoms with Crippen LogP contribution in [0.25, 0.3) is 0 Å². The van der Waals surface area contributed by atoms with Gasteiger partial charge in [-0.25, -0.2) is 0 Å². The highest BCUT2D eigenvalue weighted by Crippen LogP contribution is 2.15. The Morgan fingerprint density at radius 2 is 2.36 bits per heavy atom. The third-order valence-corrected chi connectivity index (χ3v) is 1.37. The number of nitrogens with two attached hydrogens (primary N) is 1. The fourth-order valence-electron chi connectivity index (χ4n) is 0.691. The molecule has 0 atom stereocenters. The van der Waals surface area contributed by atoms with Crippen LogP contribution in [0.4, 0.5) is 0 Å². The molecule has 0 bridgehead atoms. The summed E-state index contributed by atoms with van der Waals surface area (Å²) in [6, 6.07) is 1.65. The Balaban J connectivity index is 2.89. The molecule has 1 rings (SSSR count). The van der Waals surface area contributed by atoms with Crippen LogP contribution in [0.1, 0.15) is 25.3 Å². The van der Waals surface area contributed by atoms with E-state index in [1.54, 1.807) is 6.07 Å². The first kappa shape index (κ1) is 8.23. The Bertz CT molecular complexity index is 237. The average Bonchev–Trinajstić information content (AvgIpc) is 2.32. The second kappa shape index (κ2) is 2.64. The van der Waals surface area contributed by atoms with Crippen molar-refractivity contribution in [3.63, 3.8) is 0 Å². The Morgan fingerprint density at radius 3 is 2.64 bits per heavy atom. The topological polar surface area (TPSA) is 72.3 Å². The molecule has 1 heterocycles. The van der Waals surface area contributed by atoms with Crippen molar-refractivity contribution in [1.82, 2.24) is 5.16 Å². The summed E-state index contributed by atoms with van der Waals surface area (Å²) in [6.45, 7) is 3.51. The number of hydrogen-bond acceptors (Lipinski definition) is 4. The molecule has 0 spiro atoms. The van der Waals surface area contributed by atoms with Gasteiger partial charge in [0, 0.05) is 6.07 Å². The molecule has 0 aliphatic heterocycles. The van der Waals surface area contributed by atoms with Gasteiger partial charge < -0.3 is 15.4 Å². The second-order valence-electron chi connectivity index (χ2n) is 3.06. The molecule has 0 radical (unpaired) electrons. The quantitative estimate of drug-likeness (QED) is 0.648. The van der Waals surface area contributed by atoms with Crippen LogP contribution < -0.4 is 5.73 Å². The van der Waals surface area contributed by atoms with E-state index in [2.05, 4.69) is 5.16 Å². The minimum absolute atomic E-state index is 0.136. The van der Waals surface area contributed by atoms with Crippen LogP contribution in [-0.2, 0) is 12.1 Å². The highest BCUT2D eigenvalue weighted by Gasteiger charge is 2.18. The van der Waals surface area contributed by atoms with E-state index in [0.717, 1.165) is 0 Å². The van der Waals surface area contributed by atoms with Gasteiger partial charge in [-0.2, -0.15) is 0 Å². The van der Waals surface area contributed by atoms with E-state index in [-0.39, 0.29) is 6.61 Å². The van der Waals surface area contributed by atoms with Gasteiger partial charge in [-0.3, -0.25) is 0 Å². The molecule has 0 saturated carbocycles. The van der Waals surface area contributed by atoms with Gasteiger partial charge in [-0.15, -0.1) is 0 Å². The maximum Gasteiger partial charge on any atom is 0.162 e. The van der Waals surface area contributed by atoms with Crippen LogP contribution in [0.3, 0.4) is 0 Å². The SMILES string of the molecule is CC(C)(N)c1cc(CO)on1. The zero-order valence-electron chi connectivity index (χ0n) is 6.66. The molecule has 0 aliphatic carbocycles. The van der Waals surface area contributed by atoms with Crippen molar-refractivity contribution < 1.29 is 9.63 Å². The van der Waals surface area contributed by atoms with Gasteiger partial charge in [0.1, 0.15) is 12.3 Å². The van der Waals surface area contributed by atoms with E-state index in [0.29, 0.717) is 11.5 Å². The third-order valence-electron chi connectivity index (χ3n) is 1.37. The summed E-state index contributed by atoms with van der Waals surface area (Å²) in [5.41, 5.74) is 5.87. The Labute approximate surface area is 65.0 Å².